The third kappa shape index (κ3) is 6.49. The van der Waals surface area contributed by atoms with Crippen LogP contribution in [0.1, 0.15) is 44.2 Å². The second kappa shape index (κ2) is 11.0. The van der Waals surface area contributed by atoms with Gasteiger partial charge in [0, 0.05) is 23.3 Å². The predicted molar refractivity (Wildman–Crippen MR) is 139 cm³/mol. The second-order valence-electron chi connectivity index (χ2n) is 9.35. The zero-order valence-electron chi connectivity index (χ0n) is 19.8. The largest absolute Gasteiger partial charge is 0.479 e. The van der Waals surface area contributed by atoms with Crippen LogP contribution < -0.4 is 19.5 Å². The Bertz CT molecular complexity index is 1190. The first kappa shape index (κ1) is 26.2. The summed E-state index contributed by atoms with van der Waals surface area (Å²) in [6, 6.07) is 10.7. The topological polar surface area (TPSA) is 96.5 Å². The Morgan fingerprint density at radius 1 is 1.09 bits per heavy atom. The molecule has 2 aromatic rings. The van der Waals surface area contributed by atoms with E-state index in [2.05, 4.69) is 14.8 Å². The number of benzene rings is 2. The van der Waals surface area contributed by atoms with E-state index in [-0.39, 0.29) is 23.8 Å². The lowest BCUT2D eigenvalue weighted by molar-refractivity contribution is -0.122. The highest BCUT2D eigenvalue weighted by molar-refractivity contribution is 7.87. The zero-order valence-corrected chi connectivity index (χ0v) is 22.1. The Morgan fingerprint density at radius 2 is 1.80 bits per heavy atom. The Labute approximate surface area is 217 Å². The number of carbonyl (C=O) groups is 1. The number of nitrogens with one attached hydrogen (secondary N) is 3. The van der Waals surface area contributed by atoms with Gasteiger partial charge in [-0.25, -0.2) is 4.72 Å². The molecule has 4 rings (SSSR count). The van der Waals surface area contributed by atoms with Crippen molar-refractivity contribution < 1.29 is 17.9 Å². The van der Waals surface area contributed by atoms with E-state index in [4.69, 9.17) is 27.9 Å². The average Bonchev–Trinajstić information content (AvgIpc) is 3.07. The molecule has 2 aromatic carbocycles. The SMILES string of the molecule is CCCNS(=O)(=O)NC1C2CCC1Cc1cc(NC(=O)C(C)Oc3ccc(Cl)cc3Cl)ccc1C2. The highest BCUT2D eigenvalue weighted by Gasteiger charge is 2.41. The van der Waals surface area contributed by atoms with Gasteiger partial charge in [0.15, 0.2) is 6.10 Å². The molecule has 2 aliphatic carbocycles. The van der Waals surface area contributed by atoms with Gasteiger partial charge in [0.05, 0.1) is 5.02 Å². The van der Waals surface area contributed by atoms with Crippen LogP contribution in [-0.4, -0.2) is 33.0 Å². The van der Waals surface area contributed by atoms with Crippen molar-refractivity contribution in [1.82, 2.24) is 9.44 Å². The van der Waals surface area contributed by atoms with Crippen LogP contribution in [0.4, 0.5) is 5.69 Å². The standard InChI is InChI=1S/C25H31Cl2N3O4S/c1-3-10-28-35(32,33)30-24-17-4-5-18(24)12-19-13-21(8-6-16(19)11-17)29-25(31)15(2)34-23-9-7-20(26)14-22(23)27/h6-9,13-15,17-18,24,28,30H,3-5,10-12H2,1-2H3,(H,29,31). The van der Waals surface area contributed by atoms with Crippen molar-refractivity contribution in [3.05, 3.63) is 57.6 Å². The van der Waals surface area contributed by atoms with E-state index in [0.29, 0.717) is 28.0 Å². The molecule has 0 saturated heterocycles. The number of hydrogen-bond donors (Lipinski definition) is 3. The van der Waals surface area contributed by atoms with Crippen LogP contribution in [-0.2, 0) is 27.8 Å². The number of amides is 1. The Balaban J connectivity index is 1.42. The molecular weight excluding hydrogens is 509 g/mol. The van der Waals surface area contributed by atoms with Crippen LogP contribution in [0.5, 0.6) is 5.75 Å². The Hall–Kier alpha value is -1.84. The summed E-state index contributed by atoms with van der Waals surface area (Å²) in [7, 11) is -3.53. The number of carbonyl (C=O) groups excluding carboxylic acids is 1. The molecule has 1 amide bonds. The lowest BCUT2D eigenvalue weighted by Crippen LogP contribution is -2.47. The molecule has 0 radical (unpaired) electrons. The molecule has 0 heterocycles. The lowest BCUT2D eigenvalue weighted by atomic mass is 9.93. The molecule has 4 atom stereocenters. The van der Waals surface area contributed by atoms with Crippen LogP contribution in [0.15, 0.2) is 36.4 Å². The first-order chi connectivity index (χ1) is 16.6. The van der Waals surface area contributed by atoms with E-state index in [0.717, 1.165) is 37.7 Å². The van der Waals surface area contributed by atoms with E-state index in [9.17, 15) is 13.2 Å². The van der Waals surface area contributed by atoms with Crippen LogP contribution >= 0.6 is 23.2 Å². The maximum Gasteiger partial charge on any atom is 0.277 e. The molecule has 3 N–H and O–H groups in total. The average molecular weight is 541 g/mol. The van der Waals surface area contributed by atoms with Crippen molar-refractivity contribution in [3.8, 4) is 5.75 Å². The number of hydrogen-bond acceptors (Lipinski definition) is 4. The van der Waals surface area contributed by atoms with Gasteiger partial charge in [-0.1, -0.05) is 36.2 Å². The fourth-order valence-corrected chi connectivity index (χ4v) is 6.75. The zero-order chi connectivity index (χ0) is 25.2. The first-order valence-corrected chi connectivity index (χ1v) is 14.2. The molecule has 4 unspecified atom stereocenters. The molecule has 35 heavy (non-hydrogen) atoms. The second-order valence-corrected chi connectivity index (χ2v) is 11.7. The number of ether oxygens (including phenoxy) is 1. The van der Waals surface area contributed by atoms with Gasteiger partial charge in [-0.3, -0.25) is 4.79 Å². The van der Waals surface area contributed by atoms with Crippen molar-refractivity contribution in [2.75, 3.05) is 11.9 Å². The number of rotatable bonds is 9. The summed E-state index contributed by atoms with van der Waals surface area (Å²) in [6.07, 6.45) is 3.55. The summed E-state index contributed by atoms with van der Waals surface area (Å²) >= 11 is 12.1. The minimum absolute atomic E-state index is 0.0904. The van der Waals surface area contributed by atoms with Gasteiger partial charge in [-0.15, -0.1) is 0 Å². The van der Waals surface area contributed by atoms with Crippen molar-refractivity contribution in [2.24, 2.45) is 11.8 Å². The fourth-order valence-electron chi connectivity index (χ4n) is 5.00. The molecule has 2 aliphatic rings. The summed E-state index contributed by atoms with van der Waals surface area (Å²) in [6.45, 7) is 4.02. The third-order valence-electron chi connectivity index (χ3n) is 6.76. The number of halogens is 2. The molecule has 7 nitrogen and oxygen atoms in total. The van der Waals surface area contributed by atoms with E-state index < -0.39 is 16.3 Å². The summed E-state index contributed by atoms with van der Waals surface area (Å²) < 4.78 is 36.2. The van der Waals surface area contributed by atoms with Gasteiger partial charge in [-0.2, -0.15) is 13.1 Å². The smallest absolute Gasteiger partial charge is 0.277 e. The van der Waals surface area contributed by atoms with E-state index in [1.807, 2.05) is 25.1 Å². The summed E-state index contributed by atoms with van der Waals surface area (Å²) in [4.78, 5) is 12.8. The molecule has 0 aliphatic heterocycles. The van der Waals surface area contributed by atoms with Gasteiger partial charge in [-0.05, 0) is 92.3 Å². The fraction of sp³-hybridized carbons (Fsp3) is 0.480. The van der Waals surface area contributed by atoms with Crippen LogP contribution in [0, 0.1) is 11.8 Å². The van der Waals surface area contributed by atoms with Crippen molar-refractivity contribution in [2.45, 2.75) is 58.1 Å². The summed E-state index contributed by atoms with van der Waals surface area (Å²) in [5.41, 5.74) is 3.04. The van der Waals surface area contributed by atoms with Gasteiger partial charge in [0.1, 0.15) is 5.75 Å². The maximum absolute atomic E-state index is 12.8. The van der Waals surface area contributed by atoms with Gasteiger partial charge in [0.25, 0.3) is 16.1 Å². The van der Waals surface area contributed by atoms with Crippen molar-refractivity contribution in [1.29, 1.82) is 0 Å². The molecule has 1 saturated carbocycles. The number of anilines is 1. The van der Waals surface area contributed by atoms with Crippen LogP contribution in [0.2, 0.25) is 10.0 Å². The van der Waals surface area contributed by atoms with Gasteiger partial charge >= 0.3 is 0 Å². The predicted octanol–water partition coefficient (Wildman–Crippen LogP) is 4.73. The summed E-state index contributed by atoms with van der Waals surface area (Å²) in [5.74, 6) is 0.578. The molecule has 10 heteroatoms. The Morgan fingerprint density at radius 3 is 2.49 bits per heavy atom. The molecule has 1 fully saturated rings. The van der Waals surface area contributed by atoms with Crippen LogP contribution in [0.3, 0.4) is 0 Å². The minimum atomic E-state index is -3.53. The monoisotopic (exact) mass is 539 g/mol. The molecule has 2 bridgehead atoms. The third-order valence-corrected chi connectivity index (χ3v) is 8.46. The maximum atomic E-state index is 12.8. The molecule has 190 valence electrons. The van der Waals surface area contributed by atoms with Crippen molar-refractivity contribution in [3.63, 3.8) is 0 Å². The quantitative estimate of drug-likeness (QED) is 0.429. The van der Waals surface area contributed by atoms with Gasteiger partial charge in [0.2, 0.25) is 0 Å². The van der Waals surface area contributed by atoms with Crippen LogP contribution in [0.25, 0.3) is 0 Å². The van der Waals surface area contributed by atoms with Crippen molar-refractivity contribution >= 4 is 45.0 Å². The summed E-state index contributed by atoms with van der Waals surface area (Å²) in [5, 5.41) is 3.76. The lowest BCUT2D eigenvalue weighted by Gasteiger charge is -2.23. The van der Waals surface area contributed by atoms with E-state index in [1.165, 1.54) is 5.56 Å². The van der Waals surface area contributed by atoms with E-state index in [1.54, 1.807) is 25.1 Å². The molecule has 0 aromatic heterocycles. The molecular formula is C25H31Cl2N3O4S. The normalized spacial score (nSPS) is 22.2. The van der Waals surface area contributed by atoms with E-state index >= 15 is 0 Å². The molecule has 0 spiro atoms. The first-order valence-electron chi connectivity index (χ1n) is 12.0. The number of fused-ring (bicyclic) bond motifs is 3. The highest BCUT2D eigenvalue weighted by atomic mass is 35.5. The van der Waals surface area contributed by atoms with Gasteiger partial charge < -0.3 is 10.1 Å². The highest BCUT2D eigenvalue weighted by Crippen LogP contribution is 2.41. The Kier molecular flexibility index (Phi) is 8.28. The minimum Gasteiger partial charge on any atom is -0.479 e.